The molecule has 2 aromatic carbocycles. The monoisotopic (exact) mass is 380 g/mol. The Kier molecular flexibility index (Phi) is 4.19. The smallest absolute Gasteiger partial charge is 0.217 e. The number of carbonyl (C=O) groups is 1. The molecule has 4 nitrogen and oxygen atoms in total. The van der Waals surface area contributed by atoms with E-state index in [1.165, 1.54) is 19.2 Å². The molecular formula is C22H14F2O4. The van der Waals surface area contributed by atoms with Gasteiger partial charge >= 0.3 is 0 Å². The number of aryl methyl sites for hydroxylation is 1. The van der Waals surface area contributed by atoms with Crippen molar-refractivity contribution in [1.29, 1.82) is 0 Å². The van der Waals surface area contributed by atoms with Crippen LogP contribution in [0.5, 0.6) is 5.75 Å². The second-order valence-electron chi connectivity index (χ2n) is 6.43. The van der Waals surface area contributed by atoms with Gasteiger partial charge in [-0.1, -0.05) is 12.1 Å². The van der Waals surface area contributed by atoms with E-state index in [1.54, 1.807) is 25.1 Å². The van der Waals surface area contributed by atoms with Gasteiger partial charge < -0.3 is 9.15 Å². The lowest BCUT2D eigenvalue weighted by Gasteiger charge is -2.17. The van der Waals surface area contributed by atoms with E-state index in [4.69, 9.17) is 9.15 Å². The number of carbonyl (C=O) groups excluding carboxylic acids is 1. The fourth-order valence-electron chi connectivity index (χ4n) is 3.38. The van der Waals surface area contributed by atoms with Crippen LogP contribution in [0, 0.1) is 18.6 Å². The summed E-state index contributed by atoms with van der Waals surface area (Å²) < 4.78 is 39.3. The highest BCUT2D eigenvalue weighted by atomic mass is 19.1. The van der Waals surface area contributed by atoms with Crippen LogP contribution in [0.3, 0.4) is 0 Å². The van der Waals surface area contributed by atoms with Crippen molar-refractivity contribution >= 4 is 17.3 Å². The maximum absolute atomic E-state index is 14.4. The minimum atomic E-state index is -0.931. The molecule has 2 aromatic rings. The topological polar surface area (TPSA) is 56.5 Å². The van der Waals surface area contributed by atoms with Crippen molar-refractivity contribution < 1.29 is 22.7 Å². The highest BCUT2D eigenvalue weighted by Gasteiger charge is 2.22. The van der Waals surface area contributed by atoms with Crippen molar-refractivity contribution in [3.05, 3.63) is 75.4 Å². The maximum atomic E-state index is 14.4. The lowest BCUT2D eigenvalue weighted by Crippen LogP contribution is -2.07. The zero-order valence-corrected chi connectivity index (χ0v) is 15.0. The van der Waals surface area contributed by atoms with Gasteiger partial charge in [0.1, 0.15) is 17.6 Å². The predicted molar refractivity (Wildman–Crippen MR) is 101 cm³/mol. The summed E-state index contributed by atoms with van der Waals surface area (Å²) in [4.78, 5) is 22.9. The summed E-state index contributed by atoms with van der Waals surface area (Å²) in [7, 11) is 1.33. The molecule has 1 aliphatic carbocycles. The normalized spacial score (nSPS) is 11.1. The first-order valence-corrected chi connectivity index (χ1v) is 8.42. The summed E-state index contributed by atoms with van der Waals surface area (Å²) >= 11 is 0. The van der Waals surface area contributed by atoms with Crippen LogP contribution in [-0.2, 0) is 0 Å². The maximum Gasteiger partial charge on any atom is 0.217 e. The molecule has 0 atom stereocenters. The zero-order valence-electron chi connectivity index (χ0n) is 15.0. The number of benzene rings is 3. The number of methoxy groups -OCH3 is 1. The Morgan fingerprint density at radius 1 is 1.00 bits per heavy atom. The third-order valence-corrected chi connectivity index (χ3v) is 4.70. The fourth-order valence-corrected chi connectivity index (χ4v) is 3.38. The lowest BCUT2D eigenvalue weighted by atomic mass is 9.90. The van der Waals surface area contributed by atoms with Crippen molar-refractivity contribution in [3.63, 3.8) is 0 Å². The molecule has 4 rings (SSSR count). The Balaban J connectivity index is 2.20. The van der Waals surface area contributed by atoms with Gasteiger partial charge in [-0.2, -0.15) is 0 Å². The van der Waals surface area contributed by atoms with Gasteiger partial charge in [0.15, 0.2) is 17.4 Å². The molecule has 0 unspecified atom stereocenters. The molecule has 0 bridgehead atoms. The fraction of sp³-hybridized carbons (Fsp3) is 0.0909. The molecular weight excluding hydrogens is 366 g/mol. The lowest BCUT2D eigenvalue weighted by molar-refractivity contribution is 0.112. The van der Waals surface area contributed by atoms with Crippen LogP contribution in [0.1, 0.15) is 15.9 Å². The summed E-state index contributed by atoms with van der Waals surface area (Å²) in [5.74, 6) is -1.38. The highest BCUT2D eigenvalue weighted by Crippen LogP contribution is 2.42. The van der Waals surface area contributed by atoms with Gasteiger partial charge in [-0.15, -0.1) is 0 Å². The van der Waals surface area contributed by atoms with E-state index in [0.29, 0.717) is 27.6 Å². The van der Waals surface area contributed by atoms with E-state index < -0.39 is 17.1 Å². The first-order chi connectivity index (χ1) is 13.4. The number of halogens is 2. The van der Waals surface area contributed by atoms with Crippen molar-refractivity contribution in [2.75, 3.05) is 7.11 Å². The highest BCUT2D eigenvalue weighted by molar-refractivity contribution is 6.03. The van der Waals surface area contributed by atoms with Crippen LogP contribution in [0.4, 0.5) is 8.78 Å². The van der Waals surface area contributed by atoms with E-state index in [-0.39, 0.29) is 17.1 Å². The Morgan fingerprint density at radius 3 is 2.46 bits per heavy atom. The first-order valence-electron chi connectivity index (χ1n) is 8.42. The van der Waals surface area contributed by atoms with Gasteiger partial charge in [0.25, 0.3) is 0 Å². The van der Waals surface area contributed by atoms with Crippen LogP contribution in [0.2, 0.25) is 0 Å². The standard InChI is InChI=1S/C22H14F2O4/c1-11-5-12(10-25)3-4-13(11)22-14-6-16(23)18(26)8-19(14)28-20-9-21(27-2)17(24)7-15(20)22/h3-10H,1-2H3. The molecule has 0 aromatic heterocycles. The number of rotatable bonds is 3. The Labute approximate surface area is 158 Å². The third kappa shape index (κ3) is 2.74. The summed E-state index contributed by atoms with van der Waals surface area (Å²) in [6.45, 7) is 1.79. The Bertz CT molecular complexity index is 1270. The molecule has 0 radical (unpaired) electrons. The van der Waals surface area contributed by atoms with Gasteiger partial charge in [0.05, 0.1) is 7.11 Å². The van der Waals surface area contributed by atoms with Crippen LogP contribution in [0.15, 0.2) is 51.7 Å². The van der Waals surface area contributed by atoms with E-state index >= 15 is 0 Å². The number of hydrogen-bond acceptors (Lipinski definition) is 4. The second-order valence-corrected chi connectivity index (χ2v) is 6.43. The molecule has 140 valence electrons. The molecule has 6 heteroatoms. The molecule has 0 saturated heterocycles. The van der Waals surface area contributed by atoms with E-state index in [1.807, 2.05) is 0 Å². The molecule has 1 heterocycles. The van der Waals surface area contributed by atoms with Crippen LogP contribution >= 0.6 is 0 Å². The SMILES string of the molecule is COc1cc2oc3cc(=O)c(F)cc-3c(-c3ccc(C=O)cc3C)c2cc1F. The van der Waals surface area contributed by atoms with Gasteiger partial charge in [-0.25, -0.2) is 8.78 Å². The van der Waals surface area contributed by atoms with E-state index in [0.717, 1.165) is 24.0 Å². The molecule has 0 fully saturated rings. The van der Waals surface area contributed by atoms with E-state index in [2.05, 4.69) is 0 Å². The summed E-state index contributed by atoms with van der Waals surface area (Å²) in [6, 6.07) is 9.80. The number of hydrogen-bond donors (Lipinski definition) is 0. The van der Waals surface area contributed by atoms with E-state index in [9.17, 15) is 18.4 Å². The van der Waals surface area contributed by atoms with Crippen LogP contribution in [-0.4, -0.2) is 13.4 Å². The van der Waals surface area contributed by atoms with Crippen molar-refractivity contribution in [1.82, 2.24) is 0 Å². The average molecular weight is 380 g/mol. The summed E-state index contributed by atoms with van der Waals surface area (Å²) in [5.41, 5.74) is 2.20. The van der Waals surface area contributed by atoms with Gasteiger partial charge in [-0.05, 0) is 36.2 Å². The number of fused-ring (bicyclic) bond motifs is 2. The van der Waals surface area contributed by atoms with Crippen LogP contribution in [0.25, 0.3) is 33.4 Å². The van der Waals surface area contributed by atoms with Crippen molar-refractivity contribution in [2.45, 2.75) is 6.92 Å². The average Bonchev–Trinajstić information content (AvgIpc) is 2.67. The molecule has 0 spiro atoms. The predicted octanol–water partition coefficient (Wildman–Crippen LogP) is 4.97. The van der Waals surface area contributed by atoms with Gasteiger partial charge in [0, 0.05) is 34.2 Å². The number of ether oxygens (including phenoxy) is 1. The molecule has 0 amide bonds. The summed E-state index contributed by atoms with van der Waals surface area (Å²) in [6.07, 6.45) is 0.723. The molecule has 28 heavy (non-hydrogen) atoms. The Hall–Kier alpha value is -3.54. The quantitative estimate of drug-likeness (QED) is 0.372. The molecule has 1 aliphatic heterocycles. The van der Waals surface area contributed by atoms with Crippen LogP contribution < -0.4 is 10.2 Å². The zero-order chi connectivity index (χ0) is 20.0. The third-order valence-electron chi connectivity index (χ3n) is 4.70. The molecule has 0 N–H and O–H groups in total. The largest absolute Gasteiger partial charge is 0.494 e. The van der Waals surface area contributed by atoms with Crippen molar-refractivity contribution in [2.24, 2.45) is 0 Å². The molecule has 0 saturated carbocycles. The minimum absolute atomic E-state index is 0.0148. The number of aldehydes is 1. The minimum Gasteiger partial charge on any atom is -0.494 e. The van der Waals surface area contributed by atoms with Gasteiger partial charge in [-0.3, -0.25) is 9.59 Å². The van der Waals surface area contributed by atoms with Gasteiger partial charge in [0.2, 0.25) is 5.43 Å². The van der Waals surface area contributed by atoms with Crippen molar-refractivity contribution in [3.8, 4) is 28.2 Å². The molecule has 2 aliphatic rings. The first kappa shape index (κ1) is 17.9. The second kappa shape index (κ2) is 6.56. The Morgan fingerprint density at radius 2 is 1.79 bits per heavy atom. The summed E-state index contributed by atoms with van der Waals surface area (Å²) in [5, 5.41) is 0.394.